The Hall–Kier alpha value is -2.35. The zero-order chi connectivity index (χ0) is 20.1. The topological polar surface area (TPSA) is 71.1 Å². The van der Waals surface area contributed by atoms with Crippen molar-refractivity contribution in [3.63, 3.8) is 0 Å². The lowest BCUT2D eigenvalue weighted by Gasteiger charge is -2.11. The second kappa shape index (κ2) is 9.23. The van der Waals surface area contributed by atoms with Crippen molar-refractivity contribution in [1.82, 2.24) is 4.98 Å². The molecular formula is C20H18ClN3O2S2. The summed E-state index contributed by atoms with van der Waals surface area (Å²) in [4.78, 5) is 29.0. The van der Waals surface area contributed by atoms with Gasteiger partial charge in [-0.05, 0) is 37.3 Å². The molecule has 1 aromatic heterocycles. The first-order valence-corrected chi connectivity index (χ1v) is 10.6. The summed E-state index contributed by atoms with van der Waals surface area (Å²) < 4.78 is 0. The minimum atomic E-state index is -0.306. The van der Waals surface area contributed by atoms with Crippen LogP contribution in [0.4, 0.5) is 10.8 Å². The summed E-state index contributed by atoms with van der Waals surface area (Å²) in [5, 5.41) is 8.30. The van der Waals surface area contributed by atoms with Crippen LogP contribution in [0, 0.1) is 0 Å². The standard InChI is InChI=1S/C20H18ClN3O2S2/c1-12(28-15-9-7-14(8-10-15)22-13(2)25)19(26)24-20-23-18(11-27-20)16-5-3-4-6-17(16)21/h3-12H,1-2H3,(H,22,25)(H,23,24,26). The van der Waals surface area contributed by atoms with Crippen LogP contribution >= 0.6 is 34.7 Å². The van der Waals surface area contributed by atoms with Gasteiger partial charge in [0.15, 0.2) is 5.13 Å². The number of anilines is 2. The molecular weight excluding hydrogens is 414 g/mol. The van der Waals surface area contributed by atoms with Crippen LogP contribution < -0.4 is 10.6 Å². The number of thioether (sulfide) groups is 1. The maximum atomic E-state index is 12.5. The van der Waals surface area contributed by atoms with Crippen LogP contribution in [0.2, 0.25) is 5.02 Å². The Balaban J connectivity index is 1.60. The Morgan fingerprint density at radius 1 is 1.11 bits per heavy atom. The summed E-state index contributed by atoms with van der Waals surface area (Å²) in [6, 6.07) is 14.8. The van der Waals surface area contributed by atoms with Gasteiger partial charge in [-0.3, -0.25) is 9.59 Å². The molecule has 0 aliphatic rings. The van der Waals surface area contributed by atoms with E-state index in [2.05, 4.69) is 15.6 Å². The number of nitrogens with zero attached hydrogens (tertiary/aromatic N) is 1. The minimum absolute atomic E-state index is 0.118. The molecule has 8 heteroatoms. The monoisotopic (exact) mass is 431 g/mol. The van der Waals surface area contributed by atoms with E-state index in [9.17, 15) is 9.59 Å². The van der Waals surface area contributed by atoms with Gasteiger partial charge in [0.1, 0.15) is 0 Å². The summed E-state index contributed by atoms with van der Waals surface area (Å²) >= 11 is 9.00. The highest BCUT2D eigenvalue weighted by atomic mass is 35.5. The van der Waals surface area contributed by atoms with Crippen molar-refractivity contribution in [2.24, 2.45) is 0 Å². The third-order valence-electron chi connectivity index (χ3n) is 3.74. The molecule has 5 nitrogen and oxygen atoms in total. The van der Waals surface area contributed by atoms with Crippen molar-refractivity contribution in [3.05, 3.63) is 58.9 Å². The number of rotatable bonds is 6. The number of hydrogen-bond acceptors (Lipinski definition) is 5. The van der Waals surface area contributed by atoms with Crippen LogP contribution in [-0.4, -0.2) is 22.0 Å². The largest absolute Gasteiger partial charge is 0.326 e. The predicted molar refractivity (Wildman–Crippen MR) is 117 cm³/mol. The Bertz CT molecular complexity index is 989. The molecule has 0 saturated heterocycles. The van der Waals surface area contributed by atoms with Crippen molar-refractivity contribution < 1.29 is 9.59 Å². The SMILES string of the molecule is CC(=O)Nc1ccc(SC(C)C(=O)Nc2nc(-c3ccccc3Cl)cs2)cc1. The second-order valence-electron chi connectivity index (χ2n) is 5.97. The number of carbonyl (C=O) groups excluding carboxylic acids is 2. The summed E-state index contributed by atoms with van der Waals surface area (Å²) in [7, 11) is 0. The van der Waals surface area contributed by atoms with E-state index in [1.165, 1.54) is 30.0 Å². The highest BCUT2D eigenvalue weighted by molar-refractivity contribution is 8.00. The molecule has 0 radical (unpaired) electrons. The quantitative estimate of drug-likeness (QED) is 0.502. The molecule has 28 heavy (non-hydrogen) atoms. The minimum Gasteiger partial charge on any atom is -0.326 e. The Labute approximate surface area is 176 Å². The van der Waals surface area contributed by atoms with Crippen molar-refractivity contribution in [2.45, 2.75) is 24.0 Å². The van der Waals surface area contributed by atoms with E-state index < -0.39 is 0 Å². The van der Waals surface area contributed by atoms with E-state index in [-0.39, 0.29) is 17.1 Å². The summed E-state index contributed by atoms with van der Waals surface area (Å²) in [5.41, 5.74) is 2.30. The van der Waals surface area contributed by atoms with E-state index in [4.69, 9.17) is 11.6 Å². The van der Waals surface area contributed by atoms with E-state index in [1.54, 1.807) is 0 Å². The molecule has 0 bridgehead atoms. The molecule has 1 atom stereocenters. The Kier molecular flexibility index (Phi) is 6.72. The normalized spacial score (nSPS) is 11.7. The Morgan fingerprint density at radius 2 is 1.82 bits per heavy atom. The molecule has 2 amide bonds. The van der Waals surface area contributed by atoms with Gasteiger partial charge in [-0.15, -0.1) is 23.1 Å². The van der Waals surface area contributed by atoms with E-state index in [0.717, 1.165) is 21.8 Å². The molecule has 0 aliphatic carbocycles. The molecule has 0 aliphatic heterocycles. The number of halogens is 1. The Morgan fingerprint density at radius 3 is 2.50 bits per heavy atom. The first kappa shape index (κ1) is 20.4. The number of carbonyl (C=O) groups is 2. The second-order valence-corrected chi connectivity index (χ2v) is 8.65. The van der Waals surface area contributed by atoms with Gasteiger partial charge in [0.25, 0.3) is 0 Å². The fraction of sp³-hybridized carbons (Fsp3) is 0.150. The number of benzene rings is 2. The van der Waals surface area contributed by atoms with Crippen molar-refractivity contribution in [1.29, 1.82) is 0 Å². The lowest BCUT2D eigenvalue weighted by atomic mass is 10.2. The number of amides is 2. The van der Waals surface area contributed by atoms with Crippen LogP contribution in [0.15, 0.2) is 58.8 Å². The lowest BCUT2D eigenvalue weighted by Crippen LogP contribution is -2.22. The fourth-order valence-electron chi connectivity index (χ4n) is 2.41. The molecule has 0 fully saturated rings. The third kappa shape index (κ3) is 5.34. The first-order chi connectivity index (χ1) is 13.4. The summed E-state index contributed by atoms with van der Waals surface area (Å²) in [6.45, 7) is 3.30. The van der Waals surface area contributed by atoms with Crippen LogP contribution in [-0.2, 0) is 9.59 Å². The first-order valence-electron chi connectivity index (χ1n) is 8.48. The zero-order valence-electron chi connectivity index (χ0n) is 15.2. The third-order valence-corrected chi connectivity index (χ3v) is 5.94. The number of nitrogens with one attached hydrogen (secondary N) is 2. The number of hydrogen-bond donors (Lipinski definition) is 2. The average molecular weight is 432 g/mol. The molecule has 1 unspecified atom stereocenters. The van der Waals surface area contributed by atoms with Crippen LogP contribution in [0.5, 0.6) is 0 Å². The molecule has 2 N–H and O–H groups in total. The van der Waals surface area contributed by atoms with Gasteiger partial charge in [-0.2, -0.15) is 0 Å². The molecule has 3 aromatic rings. The molecule has 1 heterocycles. The maximum Gasteiger partial charge on any atom is 0.239 e. The van der Waals surface area contributed by atoms with Gasteiger partial charge in [0, 0.05) is 33.5 Å². The van der Waals surface area contributed by atoms with E-state index in [0.29, 0.717) is 10.2 Å². The van der Waals surface area contributed by atoms with Crippen molar-refractivity contribution >= 4 is 57.3 Å². The maximum absolute atomic E-state index is 12.5. The van der Waals surface area contributed by atoms with Gasteiger partial charge >= 0.3 is 0 Å². The van der Waals surface area contributed by atoms with Crippen LogP contribution in [0.25, 0.3) is 11.3 Å². The van der Waals surface area contributed by atoms with E-state index in [1.807, 2.05) is 60.8 Å². The highest BCUT2D eigenvalue weighted by Gasteiger charge is 2.17. The smallest absolute Gasteiger partial charge is 0.239 e. The predicted octanol–water partition coefficient (Wildman–Crippen LogP) is 5.54. The lowest BCUT2D eigenvalue weighted by molar-refractivity contribution is -0.115. The van der Waals surface area contributed by atoms with Gasteiger partial charge in [0.2, 0.25) is 11.8 Å². The molecule has 3 rings (SSSR count). The summed E-state index contributed by atoms with van der Waals surface area (Å²) in [6.07, 6.45) is 0. The average Bonchev–Trinajstić information content (AvgIpc) is 3.11. The van der Waals surface area contributed by atoms with Gasteiger partial charge < -0.3 is 10.6 Å². The van der Waals surface area contributed by atoms with Gasteiger partial charge in [-0.25, -0.2) is 4.98 Å². The van der Waals surface area contributed by atoms with Crippen LogP contribution in [0.3, 0.4) is 0 Å². The van der Waals surface area contributed by atoms with Gasteiger partial charge in [0.05, 0.1) is 10.9 Å². The fourth-order valence-corrected chi connectivity index (χ4v) is 4.22. The molecule has 2 aromatic carbocycles. The summed E-state index contributed by atoms with van der Waals surface area (Å²) in [5.74, 6) is -0.247. The van der Waals surface area contributed by atoms with Gasteiger partial charge in [-0.1, -0.05) is 29.8 Å². The highest BCUT2D eigenvalue weighted by Crippen LogP contribution is 2.31. The molecule has 0 spiro atoms. The van der Waals surface area contributed by atoms with Crippen molar-refractivity contribution in [2.75, 3.05) is 10.6 Å². The van der Waals surface area contributed by atoms with Crippen molar-refractivity contribution in [3.8, 4) is 11.3 Å². The molecule has 0 saturated carbocycles. The number of thiazole rings is 1. The van der Waals surface area contributed by atoms with Crippen LogP contribution in [0.1, 0.15) is 13.8 Å². The number of aromatic nitrogens is 1. The zero-order valence-corrected chi connectivity index (χ0v) is 17.6. The van der Waals surface area contributed by atoms with E-state index >= 15 is 0 Å². The molecule has 144 valence electrons.